The summed E-state index contributed by atoms with van der Waals surface area (Å²) in [6.07, 6.45) is 3.62. The van der Waals surface area contributed by atoms with Gasteiger partial charge in [0.25, 0.3) is 0 Å². The molecule has 0 spiro atoms. The third-order valence-corrected chi connectivity index (χ3v) is 4.55. The van der Waals surface area contributed by atoms with Gasteiger partial charge in [0.1, 0.15) is 13.2 Å². The Labute approximate surface area is 142 Å². The van der Waals surface area contributed by atoms with Gasteiger partial charge in [-0.15, -0.1) is 0 Å². The van der Waals surface area contributed by atoms with Crippen LogP contribution in [0.4, 0.5) is 9.59 Å². The lowest BCUT2D eigenvalue weighted by Crippen LogP contribution is -2.29. The first-order chi connectivity index (χ1) is 11.7. The van der Waals surface area contributed by atoms with Crippen LogP contribution in [0.3, 0.4) is 0 Å². The molecule has 2 aliphatic rings. The molecule has 2 fully saturated rings. The number of carbonyl (C=O) groups excluding carboxylic acids is 2. The van der Waals surface area contributed by atoms with Crippen LogP contribution < -0.4 is 0 Å². The number of rotatable bonds is 4. The molecule has 2 saturated heterocycles. The van der Waals surface area contributed by atoms with E-state index in [0.29, 0.717) is 0 Å². The number of hydrogen-bond donors (Lipinski definition) is 0. The van der Waals surface area contributed by atoms with E-state index in [9.17, 15) is 9.59 Å². The van der Waals surface area contributed by atoms with Crippen LogP contribution in [-0.4, -0.2) is 48.2 Å². The molecule has 0 aliphatic carbocycles. The third-order valence-electron chi connectivity index (χ3n) is 4.55. The lowest BCUT2D eigenvalue weighted by atomic mass is 10.1. The van der Waals surface area contributed by atoms with Crippen LogP contribution >= 0.6 is 0 Å². The van der Waals surface area contributed by atoms with Crippen molar-refractivity contribution in [2.45, 2.75) is 38.9 Å². The number of carbonyl (C=O) groups is 2. The van der Waals surface area contributed by atoms with E-state index in [-0.39, 0.29) is 25.4 Å². The molecule has 0 radical (unpaired) electrons. The maximum atomic E-state index is 12.0. The minimum Gasteiger partial charge on any atom is -0.445 e. The Morgan fingerprint density at radius 3 is 1.50 bits per heavy atom. The van der Waals surface area contributed by atoms with Crippen LogP contribution in [0.25, 0.3) is 0 Å². The molecule has 130 valence electrons. The molecule has 24 heavy (non-hydrogen) atoms. The van der Waals surface area contributed by atoms with Gasteiger partial charge >= 0.3 is 12.2 Å². The maximum absolute atomic E-state index is 12.0. The number of ether oxygens (including phenoxy) is 2. The molecule has 1 aromatic carbocycles. The molecule has 3 rings (SSSR count). The van der Waals surface area contributed by atoms with E-state index in [2.05, 4.69) is 0 Å². The van der Waals surface area contributed by atoms with E-state index >= 15 is 0 Å². The Morgan fingerprint density at radius 2 is 1.12 bits per heavy atom. The highest BCUT2D eigenvalue weighted by Crippen LogP contribution is 2.16. The van der Waals surface area contributed by atoms with Crippen LogP contribution in [0.2, 0.25) is 0 Å². The molecule has 1 aromatic rings. The quantitative estimate of drug-likeness (QED) is 0.850. The van der Waals surface area contributed by atoms with Gasteiger partial charge in [-0.2, -0.15) is 0 Å². The zero-order valence-electron chi connectivity index (χ0n) is 13.9. The summed E-state index contributed by atoms with van der Waals surface area (Å²) >= 11 is 0. The van der Waals surface area contributed by atoms with Crippen molar-refractivity contribution in [3.63, 3.8) is 0 Å². The number of amides is 2. The molecule has 6 heteroatoms. The van der Waals surface area contributed by atoms with Crippen molar-refractivity contribution >= 4 is 12.2 Å². The van der Waals surface area contributed by atoms with Gasteiger partial charge in [0.05, 0.1) is 0 Å². The summed E-state index contributed by atoms with van der Waals surface area (Å²) in [7, 11) is 0. The predicted octanol–water partition coefficient (Wildman–Crippen LogP) is 3.15. The summed E-state index contributed by atoms with van der Waals surface area (Å²) in [6, 6.07) is 7.59. The molecule has 0 atom stereocenters. The van der Waals surface area contributed by atoms with Gasteiger partial charge in [0.15, 0.2) is 0 Å². The fraction of sp³-hybridized carbons (Fsp3) is 0.556. The summed E-state index contributed by atoms with van der Waals surface area (Å²) in [5, 5.41) is 0. The van der Waals surface area contributed by atoms with Crippen molar-refractivity contribution in [3.8, 4) is 0 Å². The Hall–Kier alpha value is -2.24. The molecular formula is C18H24N2O4. The standard InChI is InChI=1S/C18H24N2O4/c21-17(19-9-3-4-10-19)23-13-15-7-1-2-8-16(15)14-24-18(22)20-11-5-6-12-20/h1-2,7-8H,3-6,9-14H2. The topological polar surface area (TPSA) is 59.1 Å². The van der Waals surface area contributed by atoms with Gasteiger partial charge in [0, 0.05) is 26.2 Å². The highest BCUT2D eigenvalue weighted by molar-refractivity contribution is 5.68. The second kappa shape index (κ2) is 8.04. The van der Waals surface area contributed by atoms with Gasteiger partial charge in [-0.3, -0.25) is 0 Å². The van der Waals surface area contributed by atoms with E-state index < -0.39 is 0 Å². The Balaban J connectivity index is 1.52. The number of nitrogens with zero attached hydrogens (tertiary/aromatic N) is 2. The molecule has 0 unspecified atom stereocenters. The largest absolute Gasteiger partial charge is 0.445 e. The fourth-order valence-corrected chi connectivity index (χ4v) is 3.10. The second-order valence-electron chi connectivity index (χ2n) is 6.27. The lowest BCUT2D eigenvalue weighted by molar-refractivity contribution is 0.0972. The predicted molar refractivity (Wildman–Crippen MR) is 88.4 cm³/mol. The summed E-state index contributed by atoms with van der Waals surface area (Å²) in [4.78, 5) is 27.4. The number of likely N-dealkylation sites (tertiary alicyclic amines) is 2. The van der Waals surface area contributed by atoms with Crippen LogP contribution in [0.5, 0.6) is 0 Å². The van der Waals surface area contributed by atoms with Crippen LogP contribution in [-0.2, 0) is 22.7 Å². The molecule has 6 nitrogen and oxygen atoms in total. The van der Waals surface area contributed by atoms with E-state index in [0.717, 1.165) is 63.0 Å². The molecule has 2 amide bonds. The number of hydrogen-bond acceptors (Lipinski definition) is 4. The molecule has 0 aromatic heterocycles. The molecule has 2 heterocycles. The van der Waals surface area contributed by atoms with E-state index in [1.54, 1.807) is 9.80 Å². The van der Waals surface area contributed by atoms with Gasteiger partial charge in [-0.1, -0.05) is 24.3 Å². The monoisotopic (exact) mass is 332 g/mol. The second-order valence-corrected chi connectivity index (χ2v) is 6.27. The van der Waals surface area contributed by atoms with Crippen molar-refractivity contribution < 1.29 is 19.1 Å². The zero-order chi connectivity index (χ0) is 16.8. The zero-order valence-corrected chi connectivity index (χ0v) is 13.9. The normalized spacial score (nSPS) is 17.2. The first-order valence-corrected chi connectivity index (χ1v) is 8.64. The Bertz CT molecular complexity index is 527. The van der Waals surface area contributed by atoms with Crippen molar-refractivity contribution in [1.82, 2.24) is 9.80 Å². The van der Waals surface area contributed by atoms with Gasteiger partial charge in [0.2, 0.25) is 0 Å². The minimum absolute atomic E-state index is 0.201. The summed E-state index contributed by atoms with van der Waals surface area (Å²) in [5.74, 6) is 0. The van der Waals surface area contributed by atoms with Crippen molar-refractivity contribution in [2.24, 2.45) is 0 Å². The number of benzene rings is 1. The molecule has 2 aliphatic heterocycles. The van der Waals surface area contributed by atoms with Crippen LogP contribution in [0, 0.1) is 0 Å². The van der Waals surface area contributed by atoms with Crippen LogP contribution in [0.1, 0.15) is 36.8 Å². The Morgan fingerprint density at radius 1 is 0.750 bits per heavy atom. The SMILES string of the molecule is O=C(OCc1ccccc1COC(=O)N1CCCC1)N1CCCC1. The van der Waals surface area contributed by atoms with Gasteiger partial charge in [-0.05, 0) is 36.8 Å². The molecule has 0 bridgehead atoms. The van der Waals surface area contributed by atoms with E-state index in [1.807, 2.05) is 24.3 Å². The van der Waals surface area contributed by atoms with Crippen molar-refractivity contribution in [2.75, 3.05) is 26.2 Å². The molecule has 0 N–H and O–H groups in total. The highest BCUT2D eigenvalue weighted by Gasteiger charge is 2.21. The summed E-state index contributed by atoms with van der Waals surface area (Å²) in [5.41, 5.74) is 1.75. The maximum Gasteiger partial charge on any atom is 0.410 e. The molecular weight excluding hydrogens is 308 g/mol. The minimum atomic E-state index is -0.267. The lowest BCUT2D eigenvalue weighted by Gasteiger charge is -2.17. The van der Waals surface area contributed by atoms with E-state index in [4.69, 9.17) is 9.47 Å². The van der Waals surface area contributed by atoms with Crippen molar-refractivity contribution in [3.05, 3.63) is 35.4 Å². The first kappa shape index (κ1) is 16.6. The molecule has 0 saturated carbocycles. The summed E-state index contributed by atoms with van der Waals surface area (Å²) in [6.45, 7) is 3.49. The first-order valence-electron chi connectivity index (χ1n) is 8.64. The van der Waals surface area contributed by atoms with Gasteiger partial charge < -0.3 is 19.3 Å². The van der Waals surface area contributed by atoms with Gasteiger partial charge in [-0.25, -0.2) is 9.59 Å². The fourth-order valence-electron chi connectivity index (χ4n) is 3.10. The van der Waals surface area contributed by atoms with Crippen LogP contribution in [0.15, 0.2) is 24.3 Å². The third kappa shape index (κ3) is 4.19. The van der Waals surface area contributed by atoms with Crippen molar-refractivity contribution in [1.29, 1.82) is 0 Å². The highest BCUT2D eigenvalue weighted by atomic mass is 16.6. The Kier molecular flexibility index (Phi) is 5.56. The average molecular weight is 332 g/mol. The smallest absolute Gasteiger partial charge is 0.410 e. The average Bonchev–Trinajstić information content (AvgIpc) is 3.31. The summed E-state index contributed by atoms with van der Waals surface area (Å²) < 4.78 is 10.8. The van der Waals surface area contributed by atoms with E-state index in [1.165, 1.54) is 0 Å².